The molecule has 0 radical (unpaired) electrons. The molecule has 2 heterocycles. The zero-order chi connectivity index (χ0) is 23.0. The maximum Gasteiger partial charge on any atom is 0.290 e. The van der Waals surface area contributed by atoms with Gasteiger partial charge in [0.25, 0.3) is 6.47 Å². The summed E-state index contributed by atoms with van der Waals surface area (Å²) >= 11 is 5.96. The summed E-state index contributed by atoms with van der Waals surface area (Å²) in [4.78, 5) is 39.1. The Morgan fingerprint density at radius 3 is 2.39 bits per heavy atom. The van der Waals surface area contributed by atoms with Gasteiger partial charge in [0.2, 0.25) is 11.8 Å². The molecule has 1 aliphatic rings. The molecule has 1 aliphatic heterocycles. The van der Waals surface area contributed by atoms with Gasteiger partial charge in [0.1, 0.15) is 6.61 Å². The Morgan fingerprint density at radius 2 is 1.87 bits per heavy atom. The lowest BCUT2D eigenvalue weighted by atomic mass is 9.73. The Morgan fingerprint density at radius 1 is 1.26 bits per heavy atom. The van der Waals surface area contributed by atoms with E-state index in [0.717, 1.165) is 16.8 Å². The molecule has 0 spiro atoms. The molecule has 1 unspecified atom stereocenters. The number of hydrogen-bond acceptors (Lipinski definition) is 5. The van der Waals surface area contributed by atoms with Crippen LogP contribution in [0, 0.1) is 12.3 Å². The van der Waals surface area contributed by atoms with Crippen molar-refractivity contribution in [2.24, 2.45) is 5.41 Å². The highest BCUT2D eigenvalue weighted by atomic mass is 35.5. The molecule has 166 valence electrons. The van der Waals surface area contributed by atoms with Crippen LogP contribution in [0.15, 0.2) is 42.6 Å². The average Bonchev–Trinajstić information content (AvgIpc) is 2.72. The van der Waals surface area contributed by atoms with E-state index in [4.69, 9.17) is 26.6 Å². The third-order valence-corrected chi connectivity index (χ3v) is 5.45. The number of amides is 2. The predicted molar refractivity (Wildman–Crippen MR) is 115 cm³/mol. The van der Waals surface area contributed by atoms with E-state index in [0.29, 0.717) is 11.4 Å². The molecule has 2 aromatic rings. The highest BCUT2D eigenvalue weighted by Crippen LogP contribution is 2.35. The van der Waals surface area contributed by atoms with Gasteiger partial charge in [0.15, 0.2) is 0 Å². The number of carbonyl (C=O) groups excluding carboxylic acids is 2. The first-order valence-corrected chi connectivity index (χ1v) is 10.1. The topological polar surface area (TPSA) is 120 Å². The summed E-state index contributed by atoms with van der Waals surface area (Å²) in [6.07, 6.45) is 2.25. The summed E-state index contributed by atoms with van der Waals surface area (Å²) in [5.74, 6) is -0.479. The third kappa shape index (κ3) is 6.26. The van der Waals surface area contributed by atoms with Crippen LogP contribution < -0.4 is 5.32 Å². The second kappa shape index (κ2) is 10.9. The molecule has 9 heteroatoms. The standard InChI is InChI=1S/C21H24ClN3O3.CH2O2/c1-14-3-6-17(10-23-14)15(2)24-20(28)21(12-25(13-21)19(27)11-26)9-16-4-7-18(22)8-5-16;2-1-3/h3-8,10,15,26H,9,11-13H2,1-2H3,(H,24,28);1H,(H,2,3). The SMILES string of the molecule is Cc1ccc(C(C)NC(=O)C2(Cc3ccc(Cl)cc3)CN(C(=O)CO)C2)cn1.O=CO. The van der Waals surface area contributed by atoms with Crippen LogP contribution in [0.25, 0.3) is 0 Å². The van der Waals surface area contributed by atoms with Crippen LogP contribution in [-0.2, 0) is 20.8 Å². The Balaban J connectivity index is 0.00000107. The number of benzene rings is 1. The van der Waals surface area contributed by atoms with Gasteiger partial charge in [-0.3, -0.25) is 19.4 Å². The van der Waals surface area contributed by atoms with E-state index in [-0.39, 0.29) is 37.4 Å². The molecular weight excluding hydrogens is 422 g/mol. The zero-order valence-electron chi connectivity index (χ0n) is 17.4. The molecule has 0 saturated carbocycles. The van der Waals surface area contributed by atoms with Gasteiger partial charge in [0, 0.05) is 30.0 Å². The Hall–Kier alpha value is -2.97. The van der Waals surface area contributed by atoms with E-state index >= 15 is 0 Å². The lowest BCUT2D eigenvalue weighted by Gasteiger charge is -2.49. The van der Waals surface area contributed by atoms with Crippen LogP contribution in [0.3, 0.4) is 0 Å². The van der Waals surface area contributed by atoms with Crippen LogP contribution in [0.1, 0.15) is 29.8 Å². The lowest BCUT2D eigenvalue weighted by molar-refractivity contribution is -0.155. The summed E-state index contributed by atoms with van der Waals surface area (Å²) in [5.41, 5.74) is 2.08. The predicted octanol–water partition coefficient (Wildman–Crippen LogP) is 1.99. The van der Waals surface area contributed by atoms with Crippen LogP contribution in [0.4, 0.5) is 0 Å². The van der Waals surface area contributed by atoms with E-state index < -0.39 is 12.0 Å². The highest BCUT2D eigenvalue weighted by molar-refractivity contribution is 6.30. The number of aliphatic hydroxyl groups excluding tert-OH is 1. The number of aromatic nitrogens is 1. The van der Waals surface area contributed by atoms with Crippen molar-refractivity contribution in [1.82, 2.24) is 15.2 Å². The second-order valence-corrected chi connectivity index (χ2v) is 7.96. The van der Waals surface area contributed by atoms with E-state index in [2.05, 4.69) is 10.3 Å². The first-order valence-electron chi connectivity index (χ1n) is 9.69. The summed E-state index contributed by atoms with van der Waals surface area (Å²) in [6.45, 7) is 3.58. The van der Waals surface area contributed by atoms with Gasteiger partial charge in [-0.25, -0.2) is 0 Å². The number of halogens is 1. The number of carboxylic acid groups (broad SMARTS) is 1. The van der Waals surface area contributed by atoms with Gasteiger partial charge < -0.3 is 20.4 Å². The molecule has 3 N–H and O–H groups in total. The molecule has 1 saturated heterocycles. The van der Waals surface area contributed by atoms with E-state index in [9.17, 15) is 9.59 Å². The Labute approximate surface area is 185 Å². The summed E-state index contributed by atoms with van der Waals surface area (Å²) < 4.78 is 0. The smallest absolute Gasteiger partial charge is 0.290 e. The number of likely N-dealkylation sites (tertiary alicyclic amines) is 1. The summed E-state index contributed by atoms with van der Waals surface area (Å²) in [7, 11) is 0. The molecule has 2 amide bonds. The highest BCUT2D eigenvalue weighted by Gasteiger charge is 2.50. The fraction of sp³-hybridized carbons (Fsp3) is 0.364. The summed E-state index contributed by atoms with van der Waals surface area (Å²) in [5, 5.41) is 19.7. The fourth-order valence-corrected chi connectivity index (χ4v) is 3.58. The molecule has 1 aromatic carbocycles. The van der Waals surface area contributed by atoms with Crippen LogP contribution in [0.5, 0.6) is 0 Å². The molecule has 0 aliphatic carbocycles. The van der Waals surface area contributed by atoms with Crippen molar-refractivity contribution >= 4 is 29.9 Å². The zero-order valence-corrected chi connectivity index (χ0v) is 18.2. The van der Waals surface area contributed by atoms with Gasteiger partial charge in [-0.1, -0.05) is 29.8 Å². The van der Waals surface area contributed by atoms with Crippen LogP contribution in [-0.4, -0.2) is 58.1 Å². The van der Waals surface area contributed by atoms with Gasteiger partial charge in [0.05, 0.1) is 11.5 Å². The van der Waals surface area contributed by atoms with E-state index in [1.165, 1.54) is 4.90 Å². The largest absolute Gasteiger partial charge is 0.483 e. The summed E-state index contributed by atoms with van der Waals surface area (Å²) in [6, 6.07) is 11.0. The molecule has 1 fully saturated rings. The van der Waals surface area contributed by atoms with E-state index in [1.807, 2.05) is 38.1 Å². The molecule has 0 bridgehead atoms. The van der Waals surface area contributed by atoms with Gasteiger partial charge in [-0.15, -0.1) is 0 Å². The monoisotopic (exact) mass is 447 g/mol. The molecule has 31 heavy (non-hydrogen) atoms. The number of pyridine rings is 1. The number of aryl methyl sites for hydroxylation is 1. The number of rotatable bonds is 6. The van der Waals surface area contributed by atoms with Gasteiger partial charge in [-0.2, -0.15) is 0 Å². The Kier molecular flexibility index (Phi) is 8.53. The maximum absolute atomic E-state index is 13.2. The normalized spacial score (nSPS) is 15.0. The number of carbonyl (C=O) groups is 3. The van der Waals surface area contributed by atoms with Crippen molar-refractivity contribution in [3.05, 3.63) is 64.4 Å². The minimum Gasteiger partial charge on any atom is -0.483 e. The average molecular weight is 448 g/mol. The van der Waals surface area contributed by atoms with Crippen LogP contribution >= 0.6 is 11.6 Å². The second-order valence-electron chi connectivity index (χ2n) is 7.52. The molecule has 3 rings (SSSR count). The lowest BCUT2D eigenvalue weighted by Crippen LogP contribution is -2.66. The van der Waals surface area contributed by atoms with E-state index in [1.54, 1.807) is 18.3 Å². The molecule has 8 nitrogen and oxygen atoms in total. The number of hydrogen-bond donors (Lipinski definition) is 3. The fourth-order valence-electron chi connectivity index (χ4n) is 3.46. The molecule has 1 atom stereocenters. The van der Waals surface area contributed by atoms with Crippen molar-refractivity contribution in [2.75, 3.05) is 19.7 Å². The minimum absolute atomic E-state index is 0.113. The Bertz CT molecular complexity index is 896. The van der Waals surface area contributed by atoms with Gasteiger partial charge in [-0.05, 0) is 49.6 Å². The number of nitrogens with zero attached hydrogens (tertiary/aromatic N) is 2. The van der Waals surface area contributed by atoms with Crippen molar-refractivity contribution in [3.63, 3.8) is 0 Å². The first-order chi connectivity index (χ1) is 14.7. The van der Waals surface area contributed by atoms with Crippen molar-refractivity contribution in [1.29, 1.82) is 0 Å². The molecule has 1 aromatic heterocycles. The van der Waals surface area contributed by atoms with Crippen molar-refractivity contribution < 1.29 is 24.6 Å². The maximum atomic E-state index is 13.2. The van der Waals surface area contributed by atoms with Crippen LogP contribution in [0.2, 0.25) is 5.02 Å². The van der Waals surface area contributed by atoms with Gasteiger partial charge >= 0.3 is 0 Å². The number of nitrogens with one attached hydrogen (secondary N) is 1. The van der Waals surface area contributed by atoms with Crippen molar-refractivity contribution in [2.45, 2.75) is 26.3 Å². The first kappa shape index (κ1) is 24.3. The minimum atomic E-state index is -0.731. The quantitative estimate of drug-likeness (QED) is 0.582. The number of aliphatic hydroxyl groups is 1. The molecular formula is C22H26ClN3O5. The third-order valence-electron chi connectivity index (χ3n) is 5.19. The van der Waals surface area contributed by atoms with Crippen molar-refractivity contribution in [3.8, 4) is 0 Å².